The van der Waals surface area contributed by atoms with E-state index in [0.29, 0.717) is 29.5 Å². The minimum atomic E-state index is -1.41. The van der Waals surface area contributed by atoms with Gasteiger partial charge in [-0.3, -0.25) is 38.4 Å². The van der Waals surface area contributed by atoms with Crippen molar-refractivity contribution in [1.29, 1.82) is 0 Å². The second kappa shape index (κ2) is 28.2. The number of hydrogen-bond donors (Lipinski definition) is 13. The van der Waals surface area contributed by atoms with Gasteiger partial charge < -0.3 is 69.5 Å². The summed E-state index contributed by atoms with van der Waals surface area (Å²) < 4.78 is 0. The number of carbonyl (C=O) groups is 8. The summed E-state index contributed by atoms with van der Waals surface area (Å²) in [4.78, 5) is 121. The third-order valence-electron chi connectivity index (χ3n) is 14.1. The van der Waals surface area contributed by atoms with Crippen LogP contribution in [-0.4, -0.2) is 117 Å². The predicted molar refractivity (Wildman–Crippen MR) is 303 cm³/mol. The smallest absolute Gasteiger partial charge is 0.243 e. The third-order valence-corrected chi connectivity index (χ3v) is 14.1. The van der Waals surface area contributed by atoms with E-state index in [1.165, 1.54) is 24.3 Å². The van der Waals surface area contributed by atoms with Crippen molar-refractivity contribution in [3.8, 4) is 5.75 Å². The zero-order valence-electron chi connectivity index (χ0n) is 44.8. The highest BCUT2D eigenvalue weighted by atomic mass is 16.3. The molecule has 0 saturated carbocycles. The van der Waals surface area contributed by atoms with Crippen molar-refractivity contribution in [2.24, 2.45) is 23.1 Å². The lowest BCUT2D eigenvalue weighted by Crippen LogP contribution is -2.61. The molecule has 7 rings (SSSR count). The number of para-hydroxylation sites is 2. The number of nitrogens with two attached hydrogens (primary N) is 3. The van der Waals surface area contributed by atoms with Gasteiger partial charge in [-0.15, -0.1) is 0 Å². The summed E-state index contributed by atoms with van der Waals surface area (Å²) in [6.07, 6.45) is 6.84. The summed E-state index contributed by atoms with van der Waals surface area (Å²) >= 11 is 0. The van der Waals surface area contributed by atoms with Gasteiger partial charge in [-0.1, -0.05) is 105 Å². The molecule has 8 atom stereocenters. The van der Waals surface area contributed by atoms with Crippen molar-refractivity contribution in [2.45, 2.75) is 120 Å². The van der Waals surface area contributed by atoms with Gasteiger partial charge in [0.05, 0.1) is 6.04 Å². The first-order valence-corrected chi connectivity index (χ1v) is 26.9. The zero-order chi connectivity index (χ0) is 57.3. The maximum absolute atomic E-state index is 14.9. The highest BCUT2D eigenvalue weighted by Crippen LogP contribution is 2.22. The molecule has 0 bridgehead atoms. The highest BCUT2D eigenvalue weighted by Gasteiger charge is 2.36. The average Bonchev–Trinajstić information content (AvgIpc) is 4.06. The van der Waals surface area contributed by atoms with E-state index < -0.39 is 102 Å². The Kier molecular flexibility index (Phi) is 20.7. The number of primary amides is 1. The first-order valence-electron chi connectivity index (χ1n) is 26.9. The van der Waals surface area contributed by atoms with Crippen LogP contribution in [0.3, 0.4) is 0 Å². The van der Waals surface area contributed by atoms with Crippen molar-refractivity contribution >= 4 is 69.1 Å². The van der Waals surface area contributed by atoms with Crippen molar-refractivity contribution in [2.75, 3.05) is 6.54 Å². The van der Waals surface area contributed by atoms with Gasteiger partial charge in [0.2, 0.25) is 47.3 Å². The van der Waals surface area contributed by atoms with E-state index in [1.807, 2.05) is 54.6 Å². The minimum absolute atomic E-state index is 0.000826. The number of fused-ring (bicyclic) bond motifs is 2. The number of unbranched alkanes of at least 4 members (excludes halogenated alkanes) is 1. The molecule has 0 saturated heterocycles. The van der Waals surface area contributed by atoms with E-state index in [0.717, 1.165) is 27.4 Å². The molecule has 0 spiro atoms. The molecule has 1 aliphatic rings. The highest BCUT2D eigenvalue weighted by molar-refractivity contribution is 5.99. The number of phenols is 1. The predicted octanol–water partition coefficient (Wildman–Crippen LogP) is 1.97. The second-order valence-electron chi connectivity index (χ2n) is 20.5. The molecule has 6 aromatic rings. The average molecular weight is 1090 g/mol. The summed E-state index contributed by atoms with van der Waals surface area (Å²) in [5.74, 6) is -6.82. The lowest BCUT2D eigenvalue weighted by atomic mass is 9.99. The Morgan fingerprint density at radius 3 is 1.85 bits per heavy atom. The Labute approximate surface area is 463 Å². The van der Waals surface area contributed by atoms with Gasteiger partial charge in [-0.2, -0.15) is 0 Å². The number of nitrogens with one attached hydrogen (secondary N) is 9. The summed E-state index contributed by atoms with van der Waals surface area (Å²) in [6, 6.07) is 19.3. The number of H-pyrrole nitrogens is 2. The molecule has 3 heterocycles. The van der Waals surface area contributed by atoms with Crippen LogP contribution in [0.4, 0.5) is 0 Å². The number of amides is 8. The fourth-order valence-corrected chi connectivity index (χ4v) is 9.62. The number of phenolic OH excluding ortho intramolecular Hbond substituents is 1. The van der Waals surface area contributed by atoms with Gasteiger partial charge in [0.1, 0.15) is 48.0 Å². The third kappa shape index (κ3) is 16.1. The molecule has 0 radical (unpaired) electrons. The normalized spacial score (nSPS) is 21.0. The fraction of sp³-hybridized carbons (Fsp3) is 0.356. The second-order valence-corrected chi connectivity index (χ2v) is 20.5. The quantitative estimate of drug-likeness (QED) is 0.0436. The standard InChI is InChI=1S/C59H72N12O9/c1-34(2)51-59(80)67-46(54(75)68-48(52(62)73)30-37-32-63-43-18-8-6-16-40(37)43)21-11-10-20-45(65-53(74)42(61)28-35-14-4-3-5-15-35)55(76)69-49(29-36-23-25-39(72)26-24-36)57(78)70-50(31-38-33-64-44-19-9-7-17-41(38)44)58(79)66-47(56(77)71-51)22-12-13-27-60/h3-11,14-19,23-26,32-34,42,45-51,63-64,72H,12-13,20-22,27-31,60-61H2,1-2H3,(H2,62,73)(H,65,74)(H,66,79)(H,67,80)(H,68,75)(H,69,76)(H,70,78)(H,71,77)/b11-10-/t42-,45+,46+,47+,48+,49?,50-,51+/m1/s1. The van der Waals surface area contributed by atoms with E-state index >= 15 is 0 Å². The van der Waals surface area contributed by atoms with Crippen molar-refractivity contribution in [3.05, 3.63) is 150 Å². The van der Waals surface area contributed by atoms with Gasteiger partial charge in [0.15, 0.2) is 0 Å². The molecule has 2 aromatic heterocycles. The number of aromatic nitrogens is 2. The largest absolute Gasteiger partial charge is 0.508 e. The van der Waals surface area contributed by atoms with Crippen LogP contribution in [0, 0.1) is 5.92 Å². The molecule has 8 amide bonds. The van der Waals surface area contributed by atoms with Crippen molar-refractivity contribution in [3.63, 3.8) is 0 Å². The van der Waals surface area contributed by atoms with Gasteiger partial charge in [-0.25, -0.2) is 0 Å². The van der Waals surface area contributed by atoms with Gasteiger partial charge in [0, 0.05) is 53.5 Å². The SMILES string of the molecule is CC(C)[C@@H]1NC(=O)[C@H](CCCCN)NC(=O)[C@@H](Cc2c[nH]c3ccccc23)NC(=O)C(Cc2ccc(O)cc2)NC(=O)[C@@H](NC(=O)[C@H](N)Cc2ccccc2)C/C=C\C[C@@H](C(=O)N[C@@H](Cc2c[nH]c3ccccc23)C(N)=O)NC1=O. The number of carbonyl (C=O) groups excluding carboxylic acids is 8. The lowest BCUT2D eigenvalue weighted by molar-refractivity contribution is -0.136. The van der Waals surface area contributed by atoms with E-state index in [2.05, 4.69) is 47.2 Å². The molecular weight excluding hydrogens is 1020 g/mol. The monoisotopic (exact) mass is 1090 g/mol. The Morgan fingerprint density at radius 2 is 1.20 bits per heavy atom. The van der Waals surface area contributed by atoms with Crippen LogP contribution in [0.1, 0.15) is 68.2 Å². The Bertz CT molecular complexity index is 3160. The van der Waals surface area contributed by atoms with Crippen LogP contribution in [0.15, 0.2) is 128 Å². The minimum Gasteiger partial charge on any atom is -0.508 e. The maximum Gasteiger partial charge on any atom is 0.243 e. The number of aromatic amines is 2. The van der Waals surface area contributed by atoms with E-state index in [4.69, 9.17) is 17.2 Å². The van der Waals surface area contributed by atoms with Gasteiger partial charge in [-0.05, 0) is 97.5 Å². The van der Waals surface area contributed by atoms with E-state index in [9.17, 15) is 43.5 Å². The summed E-state index contributed by atoms with van der Waals surface area (Å²) in [7, 11) is 0. The fourth-order valence-electron chi connectivity index (χ4n) is 9.62. The molecule has 0 fully saturated rings. The molecular formula is C59H72N12O9. The molecule has 16 N–H and O–H groups in total. The first-order chi connectivity index (χ1) is 38.5. The van der Waals surface area contributed by atoms with Crippen LogP contribution < -0.4 is 54.4 Å². The van der Waals surface area contributed by atoms with Gasteiger partial charge in [0.25, 0.3) is 0 Å². The van der Waals surface area contributed by atoms with Crippen molar-refractivity contribution in [1.82, 2.24) is 47.2 Å². The topological polar surface area (TPSA) is 351 Å². The zero-order valence-corrected chi connectivity index (χ0v) is 44.8. The number of rotatable bonds is 18. The summed E-state index contributed by atoms with van der Waals surface area (Å²) in [5, 5.41) is 31.2. The Balaban J connectivity index is 1.27. The maximum atomic E-state index is 14.9. The van der Waals surface area contributed by atoms with Crippen molar-refractivity contribution < 1.29 is 43.5 Å². The molecule has 80 heavy (non-hydrogen) atoms. The number of aromatic hydroxyl groups is 1. The Hall–Kier alpha value is -8.82. The van der Waals surface area contributed by atoms with Crippen LogP contribution in [0.5, 0.6) is 5.75 Å². The summed E-state index contributed by atoms with van der Waals surface area (Å²) in [5.41, 5.74) is 22.4. The van der Waals surface area contributed by atoms with Crippen LogP contribution >= 0.6 is 0 Å². The summed E-state index contributed by atoms with van der Waals surface area (Å²) in [6.45, 7) is 3.67. The van der Waals surface area contributed by atoms with Crippen LogP contribution in [-0.2, 0) is 64.0 Å². The molecule has 21 heteroatoms. The lowest BCUT2D eigenvalue weighted by Gasteiger charge is -2.29. The van der Waals surface area contributed by atoms with Crippen LogP contribution in [0.25, 0.3) is 21.8 Å². The molecule has 1 aliphatic heterocycles. The number of hydrogen-bond acceptors (Lipinski definition) is 11. The van der Waals surface area contributed by atoms with Crippen LogP contribution in [0.2, 0.25) is 0 Å². The molecule has 0 aliphatic carbocycles. The van der Waals surface area contributed by atoms with Gasteiger partial charge >= 0.3 is 0 Å². The van der Waals surface area contributed by atoms with E-state index in [-0.39, 0.29) is 57.2 Å². The molecule has 4 aromatic carbocycles. The van der Waals surface area contributed by atoms with E-state index in [1.54, 1.807) is 62.6 Å². The Morgan fingerprint density at radius 1 is 0.625 bits per heavy atom. The first kappa shape index (κ1) is 58.9. The molecule has 422 valence electrons. The number of benzene rings is 4. The molecule has 1 unspecified atom stereocenters. The molecule has 21 nitrogen and oxygen atoms in total.